The molecular formula is C14H28N2O2S. The van der Waals surface area contributed by atoms with E-state index in [9.17, 15) is 8.42 Å². The van der Waals surface area contributed by atoms with Crippen molar-refractivity contribution in [1.29, 1.82) is 0 Å². The van der Waals surface area contributed by atoms with E-state index in [-0.39, 0.29) is 0 Å². The summed E-state index contributed by atoms with van der Waals surface area (Å²) in [6, 6.07) is 0.707. The topological polar surface area (TPSA) is 40.6 Å². The van der Waals surface area contributed by atoms with Crippen LogP contribution >= 0.6 is 0 Å². The second-order valence-corrected chi connectivity index (χ2v) is 7.98. The van der Waals surface area contributed by atoms with Gasteiger partial charge in [-0.25, -0.2) is 8.42 Å². The standard InChI is InChI=1S/C14H28N2O2S/c1-2-13-19(17,18)16-11-9-15(10-12-16)14-7-5-3-4-6-8-14/h14H,2-13H2,1H3. The van der Waals surface area contributed by atoms with Gasteiger partial charge in [0, 0.05) is 32.2 Å². The molecule has 112 valence electrons. The Morgan fingerprint density at radius 1 is 0.947 bits per heavy atom. The number of hydrogen-bond acceptors (Lipinski definition) is 3. The van der Waals surface area contributed by atoms with Crippen molar-refractivity contribution in [3.05, 3.63) is 0 Å². The normalized spacial score (nSPS) is 25.3. The zero-order valence-electron chi connectivity index (χ0n) is 12.2. The number of sulfonamides is 1. The van der Waals surface area contributed by atoms with Crippen LogP contribution < -0.4 is 0 Å². The Kier molecular flexibility index (Phi) is 5.66. The molecule has 19 heavy (non-hydrogen) atoms. The molecule has 2 fully saturated rings. The molecule has 5 heteroatoms. The molecule has 1 saturated carbocycles. The Hall–Kier alpha value is -0.130. The molecule has 0 aromatic rings. The lowest BCUT2D eigenvalue weighted by molar-refractivity contribution is 0.126. The Balaban J connectivity index is 1.84. The first-order valence-electron chi connectivity index (χ1n) is 7.85. The van der Waals surface area contributed by atoms with Crippen molar-refractivity contribution in [2.45, 2.75) is 57.9 Å². The average molecular weight is 288 g/mol. The second kappa shape index (κ2) is 7.04. The predicted molar refractivity (Wildman–Crippen MR) is 78.7 cm³/mol. The van der Waals surface area contributed by atoms with Gasteiger partial charge in [0.25, 0.3) is 0 Å². The van der Waals surface area contributed by atoms with E-state index in [0.29, 0.717) is 31.3 Å². The minimum atomic E-state index is -2.99. The van der Waals surface area contributed by atoms with Crippen LogP contribution in [0.5, 0.6) is 0 Å². The Bertz CT molecular complexity index is 354. The van der Waals surface area contributed by atoms with Gasteiger partial charge in [0.15, 0.2) is 0 Å². The summed E-state index contributed by atoms with van der Waals surface area (Å²) >= 11 is 0. The van der Waals surface area contributed by atoms with Gasteiger partial charge in [-0.15, -0.1) is 0 Å². The molecule has 0 spiro atoms. The zero-order valence-corrected chi connectivity index (χ0v) is 13.0. The van der Waals surface area contributed by atoms with E-state index in [1.165, 1.54) is 38.5 Å². The number of rotatable bonds is 4. The first-order valence-corrected chi connectivity index (χ1v) is 9.46. The Morgan fingerprint density at radius 2 is 1.53 bits per heavy atom. The minimum Gasteiger partial charge on any atom is -0.298 e. The second-order valence-electron chi connectivity index (χ2n) is 5.90. The van der Waals surface area contributed by atoms with Gasteiger partial charge in [-0.1, -0.05) is 32.6 Å². The summed E-state index contributed by atoms with van der Waals surface area (Å²) in [6.45, 7) is 5.16. The number of hydrogen-bond donors (Lipinski definition) is 0. The smallest absolute Gasteiger partial charge is 0.214 e. The van der Waals surface area contributed by atoms with E-state index in [1.54, 1.807) is 4.31 Å². The van der Waals surface area contributed by atoms with Crippen molar-refractivity contribution in [1.82, 2.24) is 9.21 Å². The van der Waals surface area contributed by atoms with Gasteiger partial charge < -0.3 is 0 Å². The van der Waals surface area contributed by atoms with E-state index < -0.39 is 10.0 Å². The largest absolute Gasteiger partial charge is 0.298 e. The highest BCUT2D eigenvalue weighted by atomic mass is 32.2. The molecule has 0 amide bonds. The van der Waals surface area contributed by atoms with Crippen LogP contribution in [0, 0.1) is 0 Å². The van der Waals surface area contributed by atoms with E-state index >= 15 is 0 Å². The highest BCUT2D eigenvalue weighted by Gasteiger charge is 2.29. The van der Waals surface area contributed by atoms with Gasteiger partial charge in [-0.3, -0.25) is 4.90 Å². The fraction of sp³-hybridized carbons (Fsp3) is 1.00. The van der Waals surface area contributed by atoms with Crippen molar-refractivity contribution in [2.24, 2.45) is 0 Å². The van der Waals surface area contributed by atoms with Crippen LogP contribution in [0.4, 0.5) is 0 Å². The van der Waals surface area contributed by atoms with Crippen molar-refractivity contribution < 1.29 is 8.42 Å². The van der Waals surface area contributed by atoms with Crippen LogP contribution in [0.3, 0.4) is 0 Å². The highest BCUT2D eigenvalue weighted by molar-refractivity contribution is 7.89. The van der Waals surface area contributed by atoms with Gasteiger partial charge in [0.2, 0.25) is 10.0 Å². The van der Waals surface area contributed by atoms with Crippen LogP contribution in [-0.4, -0.2) is 55.6 Å². The summed E-state index contributed by atoms with van der Waals surface area (Å²) in [6.07, 6.45) is 8.77. The molecule has 1 aliphatic carbocycles. The predicted octanol–water partition coefficient (Wildman–Crippen LogP) is 2.07. The lowest BCUT2D eigenvalue weighted by Crippen LogP contribution is -2.52. The molecular weight excluding hydrogens is 260 g/mol. The Labute approximate surface area is 118 Å². The molecule has 0 bridgehead atoms. The molecule has 1 heterocycles. The maximum Gasteiger partial charge on any atom is 0.214 e. The summed E-state index contributed by atoms with van der Waals surface area (Å²) in [4.78, 5) is 2.53. The van der Waals surface area contributed by atoms with Gasteiger partial charge >= 0.3 is 0 Å². The molecule has 0 unspecified atom stereocenters. The molecule has 0 aromatic carbocycles. The lowest BCUT2D eigenvalue weighted by atomic mass is 10.1. The quantitative estimate of drug-likeness (QED) is 0.744. The number of piperazine rings is 1. The SMILES string of the molecule is CCCS(=O)(=O)N1CCN(C2CCCCCC2)CC1. The molecule has 2 rings (SSSR count). The summed E-state index contributed by atoms with van der Waals surface area (Å²) in [7, 11) is -2.99. The molecule has 4 nitrogen and oxygen atoms in total. The van der Waals surface area contributed by atoms with Crippen LogP contribution in [-0.2, 0) is 10.0 Å². The molecule has 0 N–H and O–H groups in total. The maximum atomic E-state index is 12.0. The molecule has 0 radical (unpaired) electrons. The molecule has 1 saturated heterocycles. The third-order valence-electron chi connectivity index (χ3n) is 4.47. The van der Waals surface area contributed by atoms with E-state index in [1.807, 2.05) is 6.92 Å². The molecule has 1 aliphatic heterocycles. The van der Waals surface area contributed by atoms with Gasteiger partial charge in [0.1, 0.15) is 0 Å². The fourth-order valence-electron chi connectivity index (χ4n) is 3.36. The van der Waals surface area contributed by atoms with E-state index in [0.717, 1.165) is 13.1 Å². The zero-order chi connectivity index (χ0) is 13.7. The van der Waals surface area contributed by atoms with Gasteiger partial charge in [-0.2, -0.15) is 4.31 Å². The van der Waals surface area contributed by atoms with Crippen LogP contribution in [0.15, 0.2) is 0 Å². The third-order valence-corrected chi connectivity index (χ3v) is 6.55. The van der Waals surface area contributed by atoms with Crippen molar-refractivity contribution in [3.8, 4) is 0 Å². The van der Waals surface area contributed by atoms with Crippen LogP contribution in [0.1, 0.15) is 51.9 Å². The number of nitrogens with zero attached hydrogens (tertiary/aromatic N) is 2. The Morgan fingerprint density at radius 3 is 2.05 bits per heavy atom. The highest BCUT2D eigenvalue weighted by Crippen LogP contribution is 2.23. The summed E-state index contributed by atoms with van der Waals surface area (Å²) in [5.41, 5.74) is 0. The molecule has 2 aliphatic rings. The lowest BCUT2D eigenvalue weighted by Gasteiger charge is -2.38. The fourth-order valence-corrected chi connectivity index (χ4v) is 4.85. The van der Waals surface area contributed by atoms with E-state index in [2.05, 4.69) is 4.90 Å². The van der Waals surface area contributed by atoms with Crippen molar-refractivity contribution >= 4 is 10.0 Å². The van der Waals surface area contributed by atoms with Gasteiger partial charge in [-0.05, 0) is 19.3 Å². The first-order chi connectivity index (χ1) is 9.13. The van der Waals surface area contributed by atoms with Gasteiger partial charge in [0.05, 0.1) is 5.75 Å². The van der Waals surface area contributed by atoms with Crippen LogP contribution in [0.2, 0.25) is 0 Å². The summed E-state index contributed by atoms with van der Waals surface area (Å²) in [5.74, 6) is 0.302. The van der Waals surface area contributed by atoms with E-state index in [4.69, 9.17) is 0 Å². The maximum absolute atomic E-state index is 12.0. The summed E-state index contributed by atoms with van der Waals surface area (Å²) in [5, 5.41) is 0. The van der Waals surface area contributed by atoms with Crippen LogP contribution in [0.25, 0.3) is 0 Å². The average Bonchev–Trinajstić information content (AvgIpc) is 2.68. The monoisotopic (exact) mass is 288 g/mol. The molecule has 0 aromatic heterocycles. The van der Waals surface area contributed by atoms with Crippen molar-refractivity contribution in [2.75, 3.05) is 31.9 Å². The summed E-state index contributed by atoms with van der Waals surface area (Å²) < 4.78 is 25.8. The third kappa shape index (κ3) is 4.17. The molecule has 0 atom stereocenters. The first kappa shape index (κ1) is 15.3. The minimum absolute atomic E-state index is 0.302. The van der Waals surface area contributed by atoms with Crippen molar-refractivity contribution in [3.63, 3.8) is 0 Å².